The molecular formula is C32H32FN3O5S. The van der Waals surface area contributed by atoms with Crippen molar-refractivity contribution in [3.05, 3.63) is 89.5 Å². The van der Waals surface area contributed by atoms with Crippen LogP contribution in [-0.2, 0) is 29.6 Å². The summed E-state index contributed by atoms with van der Waals surface area (Å²) >= 11 is 0. The smallest absolute Gasteiger partial charge is 0.232 e. The van der Waals surface area contributed by atoms with Crippen molar-refractivity contribution in [3.63, 3.8) is 0 Å². The molecule has 0 atom stereocenters. The fraction of sp³-hybridized carbons (Fsp3) is 0.281. The highest BCUT2D eigenvalue weighted by Crippen LogP contribution is 2.48. The lowest BCUT2D eigenvalue weighted by Crippen LogP contribution is -2.25. The van der Waals surface area contributed by atoms with Crippen molar-refractivity contribution in [1.29, 1.82) is 0 Å². The number of nitrogens with zero attached hydrogens (tertiary/aromatic N) is 3. The second kappa shape index (κ2) is 10.8. The highest BCUT2D eigenvalue weighted by molar-refractivity contribution is 7.92. The van der Waals surface area contributed by atoms with Crippen molar-refractivity contribution in [2.75, 3.05) is 24.7 Å². The average Bonchev–Trinajstić information content (AvgIpc) is 3.74. The van der Waals surface area contributed by atoms with Crippen LogP contribution in [0.3, 0.4) is 0 Å². The number of anilines is 1. The van der Waals surface area contributed by atoms with E-state index in [1.54, 1.807) is 30.0 Å². The minimum atomic E-state index is -3.68. The molecule has 2 heterocycles. The van der Waals surface area contributed by atoms with Gasteiger partial charge in [0.15, 0.2) is 5.75 Å². The molecule has 0 radical (unpaired) electrons. The number of benzene rings is 3. The summed E-state index contributed by atoms with van der Waals surface area (Å²) in [4.78, 5) is 4.77. The lowest BCUT2D eigenvalue weighted by Gasteiger charge is -2.22. The zero-order valence-corrected chi connectivity index (χ0v) is 24.5. The molecule has 0 spiro atoms. The van der Waals surface area contributed by atoms with E-state index in [0.717, 1.165) is 41.5 Å². The van der Waals surface area contributed by atoms with Gasteiger partial charge in [-0.3, -0.25) is 9.29 Å². The topological polar surface area (TPSA) is 93.9 Å². The summed E-state index contributed by atoms with van der Waals surface area (Å²) in [5.74, 6) is 1.27. The molecule has 5 aromatic rings. The van der Waals surface area contributed by atoms with E-state index < -0.39 is 10.0 Å². The predicted octanol–water partition coefficient (Wildman–Crippen LogP) is 6.02. The number of hydrogen-bond donors (Lipinski definition) is 1. The number of ether oxygens (including phenoxy) is 2. The number of methoxy groups -OCH3 is 1. The zero-order chi connectivity index (χ0) is 29.6. The Morgan fingerprint density at radius 2 is 1.74 bits per heavy atom. The molecule has 0 saturated heterocycles. The van der Waals surface area contributed by atoms with E-state index in [0.29, 0.717) is 52.0 Å². The van der Waals surface area contributed by atoms with E-state index in [9.17, 15) is 17.9 Å². The summed E-state index contributed by atoms with van der Waals surface area (Å²) < 4.78 is 54.0. The molecule has 1 aliphatic carbocycles. The van der Waals surface area contributed by atoms with E-state index in [4.69, 9.17) is 14.5 Å². The lowest BCUT2D eigenvalue weighted by molar-refractivity contribution is 0.311. The molecular weight excluding hydrogens is 557 g/mol. The summed E-state index contributed by atoms with van der Waals surface area (Å²) in [6.07, 6.45) is 7.31. The summed E-state index contributed by atoms with van der Waals surface area (Å²) in [7, 11) is -0.575. The molecule has 10 heteroatoms. The van der Waals surface area contributed by atoms with Gasteiger partial charge in [-0.2, -0.15) is 0 Å². The van der Waals surface area contributed by atoms with Gasteiger partial charge in [0.2, 0.25) is 15.9 Å². The van der Waals surface area contributed by atoms with E-state index >= 15 is 0 Å². The minimum Gasteiger partial charge on any atom is -0.497 e. The first-order valence-corrected chi connectivity index (χ1v) is 15.6. The number of aromatic nitrogens is 2. The fourth-order valence-electron chi connectivity index (χ4n) is 5.26. The Morgan fingerprint density at radius 3 is 2.38 bits per heavy atom. The molecule has 6 rings (SSSR count). The van der Waals surface area contributed by atoms with Gasteiger partial charge < -0.3 is 19.1 Å². The van der Waals surface area contributed by atoms with Gasteiger partial charge in [-0.15, -0.1) is 0 Å². The first kappa shape index (κ1) is 27.8. The molecule has 1 fully saturated rings. The number of fused-ring (bicyclic) bond motifs is 2. The number of aromatic hydroxyl groups is 1. The van der Waals surface area contributed by atoms with Gasteiger partial charge in [0, 0.05) is 36.8 Å². The molecule has 0 bridgehead atoms. The summed E-state index contributed by atoms with van der Waals surface area (Å²) in [5.41, 5.74) is 3.45. The van der Waals surface area contributed by atoms with Crippen LogP contribution in [0.15, 0.2) is 67.0 Å². The largest absolute Gasteiger partial charge is 0.497 e. The normalized spacial score (nSPS) is 13.5. The van der Waals surface area contributed by atoms with E-state index in [2.05, 4.69) is 0 Å². The van der Waals surface area contributed by atoms with E-state index in [-0.39, 0.29) is 18.3 Å². The highest BCUT2D eigenvalue weighted by atomic mass is 32.2. The summed E-state index contributed by atoms with van der Waals surface area (Å²) in [5, 5.41) is 13.0. The van der Waals surface area contributed by atoms with Crippen LogP contribution in [-0.4, -0.2) is 43.5 Å². The number of rotatable bonds is 10. The van der Waals surface area contributed by atoms with Gasteiger partial charge in [-0.05, 0) is 72.2 Å². The maximum Gasteiger partial charge on any atom is 0.232 e. The molecule has 0 amide bonds. The molecule has 1 saturated carbocycles. The van der Waals surface area contributed by atoms with Gasteiger partial charge in [0.1, 0.15) is 23.7 Å². The molecule has 0 unspecified atom stereocenters. The Morgan fingerprint density at radius 1 is 1.05 bits per heavy atom. The van der Waals surface area contributed by atoms with Crippen LogP contribution >= 0.6 is 0 Å². The van der Waals surface area contributed by atoms with Crippen molar-refractivity contribution in [2.24, 2.45) is 5.92 Å². The monoisotopic (exact) mass is 589 g/mol. The molecule has 3 aromatic carbocycles. The number of sulfonamides is 1. The highest BCUT2D eigenvalue weighted by Gasteiger charge is 2.29. The molecule has 42 heavy (non-hydrogen) atoms. The molecule has 218 valence electrons. The van der Waals surface area contributed by atoms with Crippen molar-refractivity contribution >= 4 is 37.4 Å². The third kappa shape index (κ3) is 5.46. The Bertz CT molecular complexity index is 1880. The predicted molar refractivity (Wildman–Crippen MR) is 161 cm³/mol. The molecule has 2 aromatic heterocycles. The van der Waals surface area contributed by atoms with Gasteiger partial charge >= 0.3 is 0 Å². The average molecular weight is 590 g/mol. The van der Waals surface area contributed by atoms with Crippen LogP contribution in [0.4, 0.5) is 10.1 Å². The fourth-order valence-corrected chi connectivity index (χ4v) is 5.79. The first-order chi connectivity index (χ1) is 20.1. The Hall–Kier alpha value is -4.31. The van der Waals surface area contributed by atoms with Crippen LogP contribution in [0, 0.1) is 11.7 Å². The Labute approximate surface area is 244 Å². The molecule has 0 aliphatic heterocycles. The number of pyridine rings is 1. The molecule has 1 aliphatic rings. The van der Waals surface area contributed by atoms with Gasteiger partial charge in [-0.25, -0.2) is 12.8 Å². The first-order valence-electron chi connectivity index (χ1n) is 13.7. The summed E-state index contributed by atoms with van der Waals surface area (Å²) in [6, 6.07) is 15.6. The van der Waals surface area contributed by atoms with Crippen LogP contribution < -0.4 is 13.8 Å². The third-order valence-electron chi connectivity index (χ3n) is 7.77. The van der Waals surface area contributed by atoms with Gasteiger partial charge in [-0.1, -0.05) is 24.3 Å². The van der Waals surface area contributed by atoms with Crippen LogP contribution in [0.1, 0.15) is 29.5 Å². The Balaban J connectivity index is 1.56. The van der Waals surface area contributed by atoms with E-state index in [1.165, 1.54) is 23.5 Å². The minimum absolute atomic E-state index is 0.0175. The number of hydrogen-bond acceptors (Lipinski definition) is 6. The number of halogens is 1. The van der Waals surface area contributed by atoms with Crippen molar-refractivity contribution in [3.8, 4) is 17.4 Å². The SMILES string of the molecule is COc1ccc(COc2c3ncc(Cc4ccc(F)cc4)cc3c(N(C)S(C)(=O)=O)c3cn(CC4CC4)c(O)c23)cc1. The van der Waals surface area contributed by atoms with Crippen molar-refractivity contribution in [1.82, 2.24) is 9.55 Å². The van der Waals surface area contributed by atoms with Crippen LogP contribution in [0.2, 0.25) is 0 Å². The maximum absolute atomic E-state index is 13.5. The maximum atomic E-state index is 13.5. The van der Waals surface area contributed by atoms with Gasteiger partial charge in [0.05, 0.1) is 24.4 Å². The second-order valence-corrected chi connectivity index (χ2v) is 12.9. The quantitative estimate of drug-likeness (QED) is 0.214. The van der Waals surface area contributed by atoms with Crippen LogP contribution in [0.25, 0.3) is 21.7 Å². The zero-order valence-electron chi connectivity index (χ0n) is 23.7. The van der Waals surface area contributed by atoms with Crippen molar-refractivity contribution in [2.45, 2.75) is 32.4 Å². The summed E-state index contributed by atoms with van der Waals surface area (Å²) in [6.45, 7) is 0.821. The Kier molecular flexibility index (Phi) is 7.18. The van der Waals surface area contributed by atoms with Crippen molar-refractivity contribution < 1.29 is 27.4 Å². The third-order valence-corrected chi connectivity index (χ3v) is 8.95. The van der Waals surface area contributed by atoms with Gasteiger partial charge in [0.25, 0.3) is 0 Å². The second-order valence-electron chi connectivity index (χ2n) is 10.9. The molecule has 1 N–H and O–H groups in total. The lowest BCUT2D eigenvalue weighted by atomic mass is 10.0. The van der Waals surface area contributed by atoms with Crippen LogP contribution in [0.5, 0.6) is 17.4 Å². The van der Waals surface area contributed by atoms with E-state index in [1.807, 2.05) is 36.5 Å². The molecule has 8 nitrogen and oxygen atoms in total. The standard InChI is InChI=1S/C32H32FN3O5S/c1-35(42(3,38)39)30-26-15-23(14-20-6-10-24(33)11-7-20)16-34-29(26)31(41-19-22-8-12-25(40-2)13-9-22)28-27(30)18-36(32(28)37)17-21-4-5-21/h6-13,15-16,18,21,37H,4-5,14,17,19H2,1-3H3.